The number of aromatic carboxylic acids is 1. The van der Waals surface area contributed by atoms with Crippen molar-refractivity contribution in [2.75, 3.05) is 5.32 Å². The summed E-state index contributed by atoms with van der Waals surface area (Å²) in [6.07, 6.45) is 1.23. The number of aromatic nitrogens is 1. The third-order valence-electron chi connectivity index (χ3n) is 2.37. The molecule has 0 bridgehead atoms. The monoisotopic (exact) mass is 260 g/mol. The Bertz CT molecular complexity index is 643. The van der Waals surface area contributed by atoms with Crippen molar-refractivity contribution in [3.8, 4) is 0 Å². The fourth-order valence-electron chi connectivity index (χ4n) is 1.48. The molecule has 2 aromatic rings. The van der Waals surface area contributed by atoms with Gasteiger partial charge in [0.2, 0.25) is 5.95 Å². The first-order valence-corrected chi connectivity index (χ1v) is 5.33. The van der Waals surface area contributed by atoms with Crippen LogP contribution < -0.4 is 5.32 Å². The van der Waals surface area contributed by atoms with E-state index in [1.807, 2.05) is 0 Å². The number of hydrogen-bond donors (Lipinski definition) is 2. The van der Waals surface area contributed by atoms with E-state index >= 15 is 0 Å². The molecule has 5 nitrogen and oxygen atoms in total. The van der Waals surface area contributed by atoms with Gasteiger partial charge in [-0.3, -0.25) is 4.79 Å². The van der Waals surface area contributed by atoms with E-state index in [4.69, 9.17) is 5.11 Å². The molecule has 0 spiro atoms. The Morgan fingerprint density at radius 2 is 2.00 bits per heavy atom. The van der Waals surface area contributed by atoms with Gasteiger partial charge in [-0.05, 0) is 30.3 Å². The number of carbonyl (C=O) groups is 2. The van der Waals surface area contributed by atoms with Gasteiger partial charge in [0.15, 0.2) is 0 Å². The van der Waals surface area contributed by atoms with Crippen LogP contribution in [0.1, 0.15) is 20.7 Å². The summed E-state index contributed by atoms with van der Waals surface area (Å²) in [5.74, 6) is -2.67. The number of pyridine rings is 1. The number of hydrogen-bond acceptors (Lipinski definition) is 3. The first-order valence-electron chi connectivity index (χ1n) is 5.33. The van der Waals surface area contributed by atoms with Crippen molar-refractivity contribution in [3.05, 3.63) is 59.7 Å². The number of benzene rings is 1. The zero-order valence-corrected chi connectivity index (χ0v) is 9.63. The van der Waals surface area contributed by atoms with Gasteiger partial charge in [-0.25, -0.2) is 9.78 Å². The molecule has 0 radical (unpaired) electrons. The molecule has 0 fully saturated rings. The molecule has 0 saturated heterocycles. The minimum Gasteiger partial charge on any atom is -0.478 e. The van der Waals surface area contributed by atoms with Gasteiger partial charge >= 0.3 is 5.97 Å². The van der Waals surface area contributed by atoms with Crippen molar-refractivity contribution >= 4 is 17.6 Å². The molecule has 0 saturated carbocycles. The fourth-order valence-corrected chi connectivity index (χ4v) is 1.48. The Hall–Kier alpha value is -2.76. The third-order valence-corrected chi connectivity index (χ3v) is 2.37. The summed E-state index contributed by atoms with van der Waals surface area (Å²) in [5, 5.41) is 11.2. The van der Waals surface area contributed by atoms with Crippen molar-refractivity contribution in [1.82, 2.24) is 4.98 Å². The van der Waals surface area contributed by atoms with E-state index in [9.17, 15) is 14.0 Å². The number of carboxylic acid groups (broad SMARTS) is 1. The summed E-state index contributed by atoms with van der Waals surface area (Å²) in [4.78, 5) is 25.9. The predicted octanol–water partition coefficient (Wildman–Crippen LogP) is 2.17. The summed E-state index contributed by atoms with van der Waals surface area (Å²) in [5.41, 5.74) is 0.0980. The molecule has 1 heterocycles. The molecule has 1 aromatic carbocycles. The predicted molar refractivity (Wildman–Crippen MR) is 65.5 cm³/mol. The molecular weight excluding hydrogens is 251 g/mol. The number of nitrogens with zero attached hydrogens (tertiary/aromatic N) is 1. The van der Waals surface area contributed by atoms with Crippen LogP contribution in [0.3, 0.4) is 0 Å². The van der Waals surface area contributed by atoms with Crippen LogP contribution in [-0.4, -0.2) is 22.0 Å². The molecule has 96 valence electrons. The standard InChI is InChI=1S/C13H9FN2O3/c14-11-10(5-2-6-15-11)12(17)16-9-4-1-3-8(7-9)13(18)19/h1-7H,(H,16,17)(H,18,19). The summed E-state index contributed by atoms with van der Waals surface area (Å²) in [6.45, 7) is 0. The van der Waals surface area contributed by atoms with Crippen molar-refractivity contribution < 1.29 is 19.1 Å². The van der Waals surface area contributed by atoms with Gasteiger partial charge in [0, 0.05) is 11.9 Å². The lowest BCUT2D eigenvalue weighted by Gasteiger charge is -2.06. The van der Waals surface area contributed by atoms with Gasteiger partial charge in [-0.2, -0.15) is 4.39 Å². The van der Waals surface area contributed by atoms with Gasteiger partial charge in [0.05, 0.1) is 11.1 Å². The van der Waals surface area contributed by atoms with E-state index in [0.29, 0.717) is 0 Å². The van der Waals surface area contributed by atoms with Crippen LogP contribution >= 0.6 is 0 Å². The van der Waals surface area contributed by atoms with Crippen LogP contribution in [-0.2, 0) is 0 Å². The Kier molecular flexibility index (Phi) is 3.51. The number of rotatable bonds is 3. The smallest absolute Gasteiger partial charge is 0.335 e. The minimum absolute atomic E-state index is 0.0319. The maximum absolute atomic E-state index is 13.3. The molecule has 0 unspecified atom stereocenters. The Morgan fingerprint density at radius 1 is 1.21 bits per heavy atom. The second-order valence-corrected chi connectivity index (χ2v) is 3.68. The molecule has 6 heteroatoms. The highest BCUT2D eigenvalue weighted by Crippen LogP contribution is 2.13. The fraction of sp³-hybridized carbons (Fsp3) is 0. The maximum Gasteiger partial charge on any atom is 0.335 e. The molecule has 19 heavy (non-hydrogen) atoms. The highest BCUT2D eigenvalue weighted by atomic mass is 19.1. The molecule has 2 N–H and O–H groups in total. The van der Waals surface area contributed by atoms with Crippen LogP contribution in [0.25, 0.3) is 0 Å². The first-order chi connectivity index (χ1) is 9.08. The van der Waals surface area contributed by atoms with Gasteiger partial charge in [0.1, 0.15) is 0 Å². The normalized spacial score (nSPS) is 9.95. The number of halogens is 1. The first kappa shape index (κ1) is 12.7. The number of anilines is 1. The topological polar surface area (TPSA) is 79.3 Å². The number of amides is 1. The highest BCUT2D eigenvalue weighted by Gasteiger charge is 2.12. The van der Waals surface area contributed by atoms with Crippen LogP contribution in [0.2, 0.25) is 0 Å². The molecule has 0 aliphatic carbocycles. The van der Waals surface area contributed by atoms with Gasteiger partial charge in [-0.1, -0.05) is 6.07 Å². The highest BCUT2D eigenvalue weighted by molar-refractivity contribution is 6.04. The average molecular weight is 260 g/mol. The van der Waals surface area contributed by atoms with E-state index in [-0.39, 0.29) is 16.8 Å². The van der Waals surface area contributed by atoms with E-state index < -0.39 is 17.8 Å². The second kappa shape index (κ2) is 5.26. The Balaban J connectivity index is 2.22. The zero-order valence-electron chi connectivity index (χ0n) is 9.63. The maximum atomic E-state index is 13.3. The summed E-state index contributed by atoms with van der Waals surface area (Å²) in [7, 11) is 0. The van der Waals surface area contributed by atoms with Crippen molar-refractivity contribution in [1.29, 1.82) is 0 Å². The Labute approximate surface area is 107 Å². The number of nitrogens with one attached hydrogen (secondary N) is 1. The van der Waals surface area contributed by atoms with Crippen molar-refractivity contribution in [3.63, 3.8) is 0 Å². The molecule has 0 aliphatic heterocycles. The van der Waals surface area contributed by atoms with E-state index in [2.05, 4.69) is 10.3 Å². The minimum atomic E-state index is -1.11. The average Bonchev–Trinajstić information content (AvgIpc) is 2.39. The molecular formula is C13H9FN2O3. The quantitative estimate of drug-likeness (QED) is 0.829. The molecule has 0 atom stereocenters. The molecule has 2 rings (SSSR count). The third kappa shape index (κ3) is 2.92. The lowest BCUT2D eigenvalue weighted by molar-refractivity contribution is 0.0696. The molecule has 1 amide bonds. The lowest BCUT2D eigenvalue weighted by atomic mass is 10.2. The zero-order chi connectivity index (χ0) is 13.8. The van der Waals surface area contributed by atoms with Crippen molar-refractivity contribution in [2.24, 2.45) is 0 Å². The van der Waals surface area contributed by atoms with Crippen LogP contribution in [0.15, 0.2) is 42.6 Å². The molecule has 1 aromatic heterocycles. The van der Waals surface area contributed by atoms with Gasteiger partial charge in [-0.15, -0.1) is 0 Å². The number of carboxylic acids is 1. The second-order valence-electron chi connectivity index (χ2n) is 3.68. The van der Waals surface area contributed by atoms with Crippen LogP contribution in [0, 0.1) is 5.95 Å². The summed E-state index contributed by atoms with van der Waals surface area (Å²) < 4.78 is 13.3. The van der Waals surface area contributed by atoms with E-state index in [1.54, 1.807) is 0 Å². The van der Waals surface area contributed by atoms with E-state index in [0.717, 1.165) is 0 Å². The number of carbonyl (C=O) groups excluding carboxylic acids is 1. The van der Waals surface area contributed by atoms with Crippen molar-refractivity contribution in [2.45, 2.75) is 0 Å². The molecule has 0 aliphatic rings. The van der Waals surface area contributed by atoms with E-state index in [1.165, 1.54) is 42.6 Å². The summed E-state index contributed by atoms with van der Waals surface area (Å²) >= 11 is 0. The van der Waals surface area contributed by atoms with Gasteiger partial charge in [0.25, 0.3) is 5.91 Å². The Morgan fingerprint density at radius 3 is 2.68 bits per heavy atom. The van der Waals surface area contributed by atoms with Gasteiger partial charge < -0.3 is 10.4 Å². The SMILES string of the molecule is O=C(O)c1cccc(NC(=O)c2cccnc2F)c1. The largest absolute Gasteiger partial charge is 0.478 e. The van der Waals surface area contributed by atoms with Crippen LogP contribution in [0.4, 0.5) is 10.1 Å². The summed E-state index contributed by atoms with van der Waals surface area (Å²) in [6, 6.07) is 8.40. The lowest BCUT2D eigenvalue weighted by Crippen LogP contribution is -2.14. The van der Waals surface area contributed by atoms with Crippen LogP contribution in [0.5, 0.6) is 0 Å².